The standard InChI is InChI=1S/C23H24N2O3/c26-23(18-6-7-21-22(13-18)28-15-27-21)25(10-8-20-3-1-2-9-24-20)14-19-12-16-4-5-17(19)11-16/h1-7,9,13,16-17,19H,8,10-12,14-15H2. The van der Waals surface area contributed by atoms with Gasteiger partial charge in [0, 0.05) is 37.0 Å². The van der Waals surface area contributed by atoms with Crippen molar-refractivity contribution in [3.8, 4) is 11.5 Å². The summed E-state index contributed by atoms with van der Waals surface area (Å²) in [4.78, 5) is 19.8. The van der Waals surface area contributed by atoms with Gasteiger partial charge in [0.2, 0.25) is 6.79 Å². The van der Waals surface area contributed by atoms with Crippen molar-refractivity contribution in [2.45, 2.75) is 19.3 Å². The van der Waals surface area contributed by atoms with E-state index in [0.717, 1.165) is 18.7 Å². The third-order valence-electron chi connectivity index (χ3n) is 6.14. The number of pyridine rings is 1. The van der Waals surface area contributed by atoms with E-state index in [9.17, 15) is 4.79 Å². The van der Waals surface area contributed by atoms with E-state index in [0.29, 0.717) is 41.4 Å². The van der Waals surface area contributed by atoms with E-state index in [-0.39, 0.29) is 12.7 Å². The number of ether oxygens (including phenoxy) is 2. The van der Waals surface area contributed by atoms with Crippen molar-refractivity contribution in [2.75, 3.05) is 19.9 Å². The second-order valence-electron chi connectivity index (χ2n) is 7.93. The maximum Gasteiger partial charge on any atom is 0.254 e. The molecule has 2 aromatic rings. The lowest BCUT2D eigenvalue weighted by Gasteiger charge is -2.29. The van der Waals surface area contributed by atoms with Gasteiger partial charge in [0.15, 0.2) is 11.5 Å². The number of carbonyl (C=O) groups is 1. The van der Waals surface area contributed by atoms with Crippen LogP contribution in [0.25, 0.3) is 0 Å². The summed E-state index contributed by atoms with van der Waals surface area (Å²) in [5.74, 6) is 3.28. The Morgan fingerprint density at radius 3 is 2.82 bits per heavy atom. The molecule has 1 amide bonds. The van der Waals surface area contributed by atoms with Gasteiger partial charge in [0.1, 0.15) is 0 Å². The number of rotatable bonds is 6. The maximum atomic E-state index is 13.4. The van der Waals surface area contributed by atoms with Gasteiger partial charge < -0.3 is 14.4 Å². The van der Waals surface area contributed by atoms with Crippen LogP contribution in [0.2, 0.25) is 0 Å². The minimum atomic E-state index is 0.0565. The van der Waals surface area contributed by atoms with E-state index in [1.54, 1.807) is 12.3 Å². The number of nitrogens with zero attached hydrogens (tertiary/aromatic N) is 2. The van der Waals surface area contributed by atoms with Crippen molar-refractivity contribution >= 4 is 5.91 Å². The Kier molecular flexibility index (Phi) is 4.51. The molecule has 3 atom stereocenters. The highest BCUT2D eigenvalue weighted by Crippen LogP contribution is 2.43. The summed E-state index contributed by atoms with van der Waals surface area (Å²) in [5, 5.41) is 0. The summed E-state index contributed by atoms with van der Waals surface area (Å²) in [6.45, 7) is 1.68. The fourth-order valence-corrected chi connectivity index (χ4v) is 4.67. The van der Waals surface area contributed by atoms with Gasteiger partial charge in [-0.05, 0) is 60.9 Å². The molecule has 2 heterocycles. The molecule has 1 saturated carbocycles. The van der Waals surface area contributed by atoms with E-state index in [1.165, 1.54) is 12.8 Å². The third kappa shape index (κ3) is 3.37. The van der Waals surface area contributed by atoms with Gasteiger partial charge in [-0.15, -0.1) is 0 Å². The van der Waals surface area contributed by atoms with Crippen LogP contribution in [0.3, 0.4) is 0 Å². The first-order valence-electron chi connectivity index (χ1n) is 10.0. The lowest BCUT2D eigenvalue weighted by atomic mass is 9.92. The normalized spacial score (nSPS) is 23.9. The number of allylic oxidation sites excluding steroid dienone is 2. The van der Waals surface area contributed by atoms with Crippen molar-refractivity contribution in [1.29, 1.82) is 0 Å². The zero-order valence-corrected chi connectivity index (χ0v) is 15.8. The number of benzene rings is 1. The Morgan fingerprint density at radius 2 is 2.04 bits per heavy atom. The average Bonchev–Trinajstić information content (AvgIpc) is 3.47. The van der Waals surface area contributed by atoms with Crippen molar-refractivity contribution in [3.05, 3.63) is 66.0 Å². The van der Waals surface area contributed by atoms with Gasteiger partial charge in [0.05, 0.1) is 0 Å². The minimum absolute atomic E-state index is 0.0565. The van der Waals surface area contributed by atoms with Crippen LogP contribution in [0.5, 0.6) is 11.5 Å². The van der Waals surface area contributed by atoms with E-state index in [2.05, 4.69) is 17.1 Å². The van der Waals surface area contributed by atoms with Crippen LogP contribution in [0.15, 0.2) is 54.7 Å². The maximum absolute atomic E-state index is 13.4. The average molecular weight is 376 g/mol. The molecule has 3 unspecified atom stereocenters. The minimum Gasteiger partial charge on any atom is -0.454 e. The number of amides is 1. The molecule has 28 heavy (non-hydrogen) atoms. The van der Waals surface area contributed by atoms with E-state index < -0.39 is 0 Å². The predicted octanol–water partition coefficient (Wildman–Crippen LogP) is 3.71. The quantitative estimate of drug-likeness (QED) is 0.721. The fraction of sp³-hybridized carbons (Fsp3) is 0.391. The summed E-state index contributed by atoms with van der Waals surface area (Å²) in [6, 6.07) is 11.4. The Bertz CT molecular complexity index is 896. The van der Waals surface area contributed by atoms with Crippen molar-refractivity contribution in [3.63, 3.8) is 0 Å². The molecule has 1 fully saturated rings. The molecule has 1 aliphatic heterocycles. The smallest absolute Gasteiger partial charge is 0.254 e. The zero-order chi connectivity index (χ0) is 18.9. The number of aromatic nitrogens is 1. The first-order chi connectivity index (χ1) is 13.8. The molecule has 0 saturated heterocycles. The zero-order valence-electron chi connectivity index (χ0n) is 15.8. The largest absolute Gasteiger partial charge is 0.454 e. The molecule has 0 N–H and O–H groups in total. The van der Waals surface area contributed by atoms with Gasteiger partial charge in [-0.2, -0.15) is 0 Å². The van der Waals surface area contributed by atoms with Crippen LogP contribution in [0.4, 0.5) is 0 Å². The molecule has 3 aliphatic rings. The molecule has 0 radical (unpaired) electrons. The van der Waals surface area contributed by atoms with E-state index in [1.807, 2.05) is 35.2 Å². The van der Waals surface area contributed by atoms with Crippen LogP contribution >= 0.6 is 0 Å². The summed E-state index contributed by atoms with van der Waals surface area (Å²) in [6.07, 6.45) is 9.69. The summed E-state index contributed by atoms with van der Waals surface area (Å²) in [7, 11) is 0. The Morgan fingerprint density at radius 1 is 1.11 bits per heavy atom. The van der Waals surface area contributed by atoms with Crippen LogP contribution in [-0.4, -0.2) is 35.7 Å². The van der Waals surface area contributed by atoms with Crippen molar-refractivity contribution in [1.82, 2.24) is 9.88 Å². The molecule has 1 aromatic heterocycles. The lowest BCUT2D eigenvalue weighted by molar-refractivity contribution is 0.0720. The fourth-order valence-electron chi connectivity index (χ4n) is 4.67. The second kappa shape index (κ2) is 7.30. The van der Waals surface area contributed by atoms with Gasteiger partial charge in [-0.3, -0.25) is 9.78 Å². The number of carbonyl (C=O) groups excluding carboxylic acids is 1. The molecule has 5 rings (SSSR count). The number of hydrogen-bond donors (Lipinski definition) is 0. The van der Waals surface area contributed by atoms with Crippen LogP contribution in [0.1, 0.15) is 28.9 Å². The van der Waals surface area contributed by atoms with Gasteiger partial charge >= 0.3 is 0 Å². The molecular formula is C23H24N2O3. The molecular weight excluding hydrogens is 352 g/mol. The van der Waals surface area contributed by atoms with Gasteiger partial charge in [-0.25, -0.2) is 0 Å². The first-order valence-corrected chi connectivity index (χ1v) is 10.0. The second-order valence-corrected chi connectivity index (χ2v) is 7.93. The highest BCUT2D eigenvalue weighted by atomic mass is 16.7. The molecule has 144 valence electrons. The number of fused-ring (bicyclic) bond motifs is 3. The predicted molar refractivity (Wildman–Crippen MR) is 105 cm³/mol. The van der Waals surface area contributed by atoms with Crippen LogP contribution < -0.4 is 9.47 Å². The van der Waals surface area contributed by atoms with E-state index >= 15 is 0 Å². The highest BCUT2D eigenvalue weighted by Gasteiger charge is 2.37. The Labute approximate surface area is 165 Å². The molecule has 5 heteroatoms. The summed E-state index contributed by atoms with van der Waals surface area (Å²) < 4.78 is 10.8. The summed E-state index contributed by atoms with van der Waals surface area (Å²) in [5.41, 5.74) is 1.67. The van der Waals surface area contributed by atoms with E-state index in [4.69, 9.17) is 9.47 Å². The Balaban J connectivity index is 1.34. The molecule has 2 bridgehead atoms. The molecule has 0 spiro atoms. The highest BCUT2D eigenvalue weighted by molar-refractivity contribution is 5.95. The van der Waals surface area contributed by atoms with Crippen LogP contribution in [-0.2, 0) is 6.42 Å². The number of hydrogen-bond acceptors (Lipinski definition) is 4. The summed E-state index contributed by atoms with van der Waals surface area (Å²) >= 11 is 0. The first kappa shape index (κ1) is 17.3. The molecule has 2 aliphatic carbocycles. The third-order valence-corrected chi connectivity index (χ3v) is 6.14. The van der Waals surface area contributed by atoms with Crippen molar-refractivity contribution < 1.29 is 14.3 Å². The van der Waals surface area contributed by atoms with Gasteiger partial charge in [-0.1, -0.05) is 18.2 Å². The molecule has 1 aromatic carbocycles. The van der Waals surface area contributed by atoms with Crippen LogP contribution in [0, 0.1) is 17.8 Å². The lowest BCUT2D eigenvalue weighted by Crippen LogP contribution is -2.38. The SMILES string of the molecule is O=C(c1ccc2c(c1)OCO2)N(CCc1ccccn1)CC1CC2C=CC1C2. The Hall–Kier alpha value is -2.82. The monoisotopic (exact) mass is 376 g/mol. The van der Waals surface area contributed by atoms with Gasteiger partial charge in [0.25, 0.3) is 5.91 Å². The van der Waals surface area contributed by atoms with Crippen molar-refractivity contribution in [2.24, 2.45) is 17.8 Å². The molecule has 5 nitrogen and oxygen atoms in total. The topological polar surface area (TPSA) is 51.7 Å².